The van der Waals surface area contributed by atoms with Gasteiger partial charge in [0.05, 0.1) is 0 Å². The van der Waals surface area contributed by atoms with Gasteiger partial charge >= 0.3 is 0 Å². The third-order valence-electron chi connectivity index (χ3n) is 4.98. The van der Waals surface area contributed by atoms with Crippen LogP contribution in [0.15, 0.2) is 0 Å². The molecule has 3 heterocycles. The van der Waals surface area contributed by atoms with Crippen LogP contribution in [0, 0.1) is 5.92 Å². The van der Waals surface area contributed by atoms with Gasteiger partial charge in [-0.05, 0) is 45.2 Å². The molecule has 2 amide bonds. The van der Waals surface area contributed by atoms with E-state index in [0.29, 0.717) is 18.9 Å². The number of amides is 2. The van der Waals surface area contributed by atoms with Crippen molar-refractivity contribution in [3.05, 3.63) is 0 Å². The molecule has 3 fully saturated rings. The highest BCUT2D eigenvalue weighted by Gasteiger charge is 2.38. The Balaban J connectivity index is 1.68. The summed E-state index contributed by atoms with van der Waals surface area (Å²) in [6.07, 6.45) is 4.64. The Morgan fingerprint density at radius 3 is 2.70 bits per heavy atom. The first-order chi connectivity index (χ1) is 9.65. The third-order valence-corrected chi connectivity index (χ3v) is 4.98. The van der Waals surface area contributed by atoms with Crippen LogP contribution in [0.2, 0.25) is 0 Å². The first-order valence-corrected chi connectivity index (χ1v) is 7.92. The van der Waals surface area contributed by atoms with Crippen LogP contribution >= 0.6 is 0 Å². The average molecular weight is 279 g/mol. The molecule has 3 rings (SSSR count). The highest BCUT2D eigenvalue weighted by Crippen LogP contribution is 2.24. The first kappa shape index (κ1) is 13.9. The number of carbonyl (C=O) groups excluding carboxylic acids is 2. The van der Waals surface area contributed by atoms with Crippen molar-refractivity contribution in [2.75, 3.05) is 39.8 Å². The first-order valence-electron chi connectivity index (χ1n) is 7.92. The Kier molecular flexibility index (Phi) is 3.96. The summed E-state index contributed by atoms with van der Waals surface area (Å²) in [6, 6.07) is -0.169. The molecule has 3 aliphatic rings. The van der Waals surface area contributed by atoms with Crippen LogP contribution in [-0.4, -0.2) is 72.3 Å². The van der Waals surface area contributed by atoms with Gasteiger partial charge in [-0.3, -0.25) is 9.59 Å². The quantitative estimate of drug-likeness (QED) is 0.741. The molecule has 0 spiro atoms. The number of nitrogens with zero attached hydrogens (tertiary/aromatic N) is 3. The van der Waals surface area contributed by atoms with Crippen LogP contribution in [0.4, 0.5) is 0 Å². The van der Waals surface area contributed by atoms with Crippen LogP contribution in [0.25, 0.3) is 0 Å². The van der Waals surface area contributed by atoms with Gasteiger partial charge in [-0.15, -0.1) is 0 Å². The molecule has 0 aromatic heterocycles. The van der Waals surface area contributed by atoms with E-state index in [2.05, 4.69) is 11.9 Å². The smallest absolute Gasteiger partial charge is 0.245 e. The Morgan fingerprint density at radius 2 is 1.95 bits per heavy atom. The fourth-order valence-electron chi connectivity index (χ4n) is 3.85. The lowest BCUT2D eigenvalue weighted by Gasteiger charge is -2.34. The number of hydrogen-bond donors (Lipinski definition) is 0. The number of fused-ring (bicyclic) bond motifs is 1. The molecule has 3 aliphatic heterocycles. The van der Waals surface area contributed by atoms with E-state index in [9.17, 15) is 9.59 Å². The maximum Gasteiger partial charge on any atom is 0.245 e. The van der Waals surface area contributed by atoms with Gasteiger partial charge in [-0.25, -0.2) is 0 Å². The lowest BCUT2D eigenvalue weighted by molar-refractivity contribution is -0.143. The van der Waals surface area contributed by atoms with E-state index in [0.717, 1.165) is 45.4 Å². The van der Waals surface area contributed by atoms with E-state index in [1.165, 1.54) is 6.42 Å². The van der Waals surface area contributed by atoms with E-state index >= 15 is 0 Å². The molecular formula is C15H25N3O2. The Labute approximate surface area is 120 Å². The molecule has 0 bridgehead atoms. The summed E-state index contributed by atoms with van der Waals surface area (Å²) >= 11 is 0. The Bertz CT molecular complexity index is 399. The highest BCUT2D eigenvalue weighted by atomic mass is 16.2. The molecule has 112 valence electrons. The van der Waals surface area contributed by atoms with Gasteiger partial charge in [0.25, 0.3) is 0 Å². The fraction of sp³-hybridized carbons (Fsp3) is 0.867. The molecule has 0 saturated carbocycles. The van der Waals surface area contributed by atoms with Crippen LogP contribution in [-0.2, 0) is 9.59 Å². The molecule has 0 N–H and O–H groups in total. The Hall–Kier alpha value is -1.10. The molecule has 2 atom stereocenters. The molecule has 0 aromatic rings. The van der Waals surface area contributed by atoms with E-state index < -0.39 is 0 Å². The summed E-state index contributed by atoms with van der Waals surface area (Å²) in [4.78, 5) is 31.0. The number of piperidine rings is 1. The topological polar surface area (TPSA) is 43.9 Å². The molecule has 5 heteroatoms. The molecule has 20 heavy (non-hydrogen) atoms. The lowest BCUT2D eigenvalue weighted by atomic mass is 10.0. The van der Waals surface area contributed by atoms with Crippen molar-refractivity contribution in [2.24, 2.45) is 5.92 Å². The van der Waals surface area contributed by atoms with Crippen molar-refractivity contribution in [3.63, 3.8) is 0 Å². The normalized spacial score (nSPS) is 32.5. The van der Waals surface area contributed by atoms with Gasteiger partial charge < -0.3 is 14.7 Å². The van der Waals surface area contributed by atoms with Crippen molar-refractivity contribution in [1.29, 1.82) is 0 Å². The van der Waals surface area contributed by atoms with Crippen molar-refractivity contribution >= 4 is 11.8 Å². The number of hydrogen-bond acceptors (Lipinski definition) is 3. The molecule has 0 radical (unpaired) electrons. The van der Waals surface area contributed by atoms with Gasteiger partial charge in [0, 0.05) is 32.6 Å². The number of rotatable bonds is 2. The Morgan fingerprint density at radius 1 is 1.10 bits per heavy atom. The fourth-order valence-corrected chi connectivity index (χ4v) is 3.85. The zero-order valence-corrected chi connectivity index (χ0v) is 12.4. The van der Waals surface area contributed by atoms with Crippen LogP contribution < -0.4 is 0 Å². The minimum atomic E-state index is -0.169. The molecule has 3 saturated heterocycles. The molecule has 0 aromatic carbocycles. The summed E-state index contributed by atoms with van der Waals surface area (Å²) in [5.74, 6) is 0.952. The average Bonchev–Trinajstić information content (AvgIpc) is 2.82. The third kappa shape index (κ3) is 2.68. The standard InChI is InChI=1S/C15H25N3O2/c1-16-8-5-12(10-16)11-17-9-6-14(19)18-7-3-2-4-13(18)15(17)20/h12-13H,2-11H2,1H3. The second-order valence-corrected chi connectivity index (χ2v) is 6.55. The second-order valence-electron chi connectivity index (χ2n) is 6.55. The molecule has 0 aliphatic carbocycles. The van der Waals surface area contributed by atoms with Gasteiger partial charge in [-0.1, -0.05) is 0 Å². The molecule has 2 unspecified atom stereocenters. The molecule has 5 nitrogen and oxygen atoms in total. The second kappa shape index (κ2) is 5.72. The van der Waals surface area contributed by atoms with Crippen molar-refractivity contribution in [2.45, 2.75) is 38.1 Å². The lowest BCUT2D eigenvalue weighted by Crippen LogP contribution is -2.50. The largest absolute Gasteiger partial charge is 0.340 e. The van der Waals surface area contributed by atoms with Gasteiger partial charge in [0.2, 0.25) is 11.8 Å². The van der Waals surface area contributed by atoms with Crippen molar-refractivity contribution in [1.82, 2.24) is 14.7 Å². The minimum Gasteiger partial charge on any atom is -0.340 e. The van der Waals surface area contributed by atoms with E-state index in [4.69, 9.17) is 0 Å². The zero-order valence-electron chi connectivity index (χ0n) is 12.4. The minimum absolute atomic E-state index is 0.169. The maximum absolute atomic E-state index is 12.7. The number of likely N-dealkylation sites (tertiary alicyclic amines) is 1. The summed E-state index contributed by atoms with van der Waals surface area (Å²) in [7, 11) is 2.14. The van der Waals surface area contributed by atoms with E-state index in [1.54, 1.807) is 0 Å². The SMILES string of the molecule is CN1CCC(CN2CCC(=O)N3CCCCC3C2=O)C1. The monoisotopic (exact) mass is 279 g/mol. The van der Waals surface area contributed by atoms with E-state index in [1.807, 2.05) is 9.80 Å². The molecular weight excluding hydrogens is 254 g/mol. The van der Waals surface area contributed by atoms with Gasteiger partial charge in [0.15, 0.2) is 0 Å². The van der Waals surface area contributed by atoms with Crippen LogP contribution in [0.3, 0.4) is 0 Å². The predicted molar refractivity (Wildman–Crippen MR) is 76.2 cm³/mol. The summed E-state index contributed by atoms with van der Waals surface area (Å²) in [5, 5.41) is 0. The summed E-state index contributed by atoms with van der Waals surface area (Å²) in [5.41, 5.74) is 0. The van der Waals surface area contributed by atoms with Gasteiger partial charge in [0.1, 0.15) is 6.04 Å². The zero-order chi connectivity index (χ0) is 14.1. The van der Waals surface area contributed by atoms with Crippen molar-refractivity contribution < 1.29 is 9.59 Å². The van der Waals surface area contributed by atoms with E-state index in [-0.39, 0.29) is 17.9 Å². The van der Waals surface area contributed by atoms with Crippen LogP contribution in [0.1, 0.15) is 32.1 Å². The highest BCUT2D eigenvalue weighted by molar-refractivity contribution is 5.90. The maximum atomic E-state index is 12.7. The van der Waals surface area contributed by atoms with Gasteiger partial charge in [-0.2, -0.15) is 0 Å². The summed E-state index contributed by atoms with van der Waals surface area (Å²) < 4.78 is 0. The van der Waals surface area contributed by atoms with Crippen LogP contribution in [0.5, 0.6) is 0 Å². The number of carbonyl (C=O) groups is 2. The predicted octanol–water partition coefficient (Wildman–Crippen LogP) is 0.551. The van der Waals surface area contributed by atoms with Crippen molar-refractivity contribution in [3.8, 4) is 0 Å². The summed E-state index contributed by atoms with van der Waals surface area (Å²) in [6.45, 7) is 4.42.